The third-order valence-electron chi connectivity index (χ3n) is 5.50. The molecule has 152 valence electrons. The predicted octanol–water partition coefficient (Wildman–Crippen LogP) is 6.44. The van der Waals surface area contributed by atoms with Crippen LogP contribution in [0.25, 0.3) is 10.8 Å². The maximum atomic E-state index is 6.44. The van der Waals surface area contributed by atoms with Gasteiger partial charge in [-0.1, -0.05) is 69.3 Å². The van der Waals surface area contributed by atoms with Crippen LogP contribution in [0.3, 0.4) is 0 Å². The van der Waals surface area contributed by atoms with Crippen LogP contribution < -0.4 is 4.74 Å². The summed E-state index contributed by atoms with van der Waals surface area (Å²) in [6, 6.07) is 23.0. The molecule has 2 atom stereocenters. The molecule has 0 aromatic heterocycles. The van der Waals surface area contributed by atoms with Gasteiger partial charge in [0.2, 0.25) is 0 Å². The molecule has 1 fully saturated rings. The fourth-order valence-electron chi connectivity index (χ4n) is 4.06. The summed E-state index contributed by atoms with van der Waals surface area (Å²) >= 11 is 0. The second-order valence-electron chi connectivity index (χ2n) is 8.28. The lowest BCUT2D eigenvalue weighted by atomic mass is 9.95. The SMILES string of the molecule is CCC1COC(CC(C)C)(c2ccccc2OCc2ccc3ccccc3c2)O1. The highest BCUT2D eigenvalue weighted by atomic mass is 16.7. The first-order chi connectivity index (χ1) is 14.1. The third kappa shape index (κ3) is 4.31. The molecule has 3 aromatic rings. The summed E-state index contributed by atoms with van der Waals surface area (Å²) in [6.07, 6.45) is 1.88. The number of ether oxygens (including phenoxy) is 3. The van der Waals surface area contributed by atoms with Crippen LogP contribution in [0.5, 0.6) is 5.75 Å². The van der Waals surface area contributed by atoms with Crippen LogP contribution in [0.1, 0.15) is 44.7 Å². The maximum Gasteiger partial charge on any atom is 0.199 e. The van der Waals surface area contributed by atoms with Gasteiger partial charge in [-0.05, 0) is 46.9 Å². The van der Waals surface area contributed by atoms with Crippen molar-refractivity contribution in [3.8, 4) is 5.75 Å². The van der Waals surface area contributed by atoms with Crippen molar-refractivity contribution in [2.45, 2.75) is 52.1 Å². The van der Waals surface area contributed by atoms with Crippen LogP contribution >= 0.6 is 0 Å². The lowest BCUT2D eigenvalue weighted by Gasteiger charge is -2.31. The van der Waals surface area contributed by atoms with E-state index in [1.165, 1.54) is 10.8 Å². The molecule has 1 heterocycles. The first-order valence-electron chi connectivity index (χ1n) is 10.6. The van der Waals surface area contributed by atoms with Crippen molar-refractivity contribution >= 4 is 10.8 Å². The molecule has 2 unspecified atom stereocenters. The number of fused-ring (bicyclic) bond motifs is 1. The summed E-state index contributed by atoms with van der Waals surface area (Å²) in [6.45, 7) is 7.68. The molecule has 0 spiro atoms. The minimum atomic E-state index is -0.727. The van der Waals surface area contributed by atoms with E-state index in [4.69, 9.17) is 14.2 Å². The van der Waals surface area contributed by atoms with Crippen molar-refractivity contribution in [1.82, 2.24) is 0 Å². The van der Waals surface area contributed by atoms with E-state index < -0.39 is 5.79 Å². The van der Waals surface area contributed by atoms with E-state index in [0.717, 1.165) is 29.7 Å². The fourth-order valence-corrected chi connectivity index (χ4v) is 4.06. The average Bonchev–Trinajstić information content (AvgIpc) is 3.16. The molecule has 3 nitrogen and oxygen atoms in total. The Morgan fingerprint density at radius 1 is 1.00 bits per heavy atom. The number of benzene rings is 3. The summed E-state index contributed by atoms with van der Waals surface area (Å²) in [5.74, 6) is 0.548. The van der Waals surface area contributed by atoms with Crippen LogP contribution in [0.4, 0.5) is 0 Å². The van der Waals surface area contributed by atoms with E-state index >= 15 is 0 Å². The van der Waals surface area contributed by atoms with Crippen molar-refractivity contribution in [3.63, 3.8) is 0 Å². The van der Waals surface area contributed by atoms with Gasteiger partial charge in [0.1, 0.15) is 12.4 Å². The minimum Gasteiger partial charge on any atom is -0.488 e. The molecule has 4 rings (SSSR count). The molecular weight excluding hydrogens is 360 g/mol. The highest BCUT2D eigenvalue weighted by Gasteiger charge is 2.44. The highest BCUT2D eigenvalue weighted by Crippen LogP contribution is 2.44. The smallest absolute Gasteiger partial charge is 0.199 e. The Balaban J connectivity index is 1.60. The van der Waals surface area contributed by atoms with E-state index in [2.05, 4.69) is 69.3 Å². The standard InChI is InChI=1S/C26H30O3/c1-4-23-18-28-26(29-23,16-19(2)3)24-11-7-8-12-25(24)27-17-20-13-14-21-9-5-6-10-22(21)15-20/h5-15,19,23H,4,16-18H2,1-3H3. The Labute approximate surface area is 173 Å². The number of hydrogen-bond acceptors (Lipinski definition) is 3. The normalized spacial score (nSPS) is 21.7. The van der Waals surface area contributed by atoms with Gasteiger partial charge in [0.05, 0.1) is 18.3 Å². The molecule has 0 radical (unpaired) electrons. The van der Waals surface area contributed by atoms with E-state index in [0.29, 0.717) is 19.1 Å². The zero-order chi connectivity index (χ0) is 20.3. The summed E-state index contributed by atoms with van der Waals surface area (Å²) in [4.78, 5) is 0. The molecular formula is C26H30O3. The van der Waals surface area contributed by atoms with Crippen molar-refractivity contribution in [2.75, 3.05) is 6.61 Å². The molecule has 1 saturated heterocycles. The zero-order valence-electron chi connectivity index (χ0n) is 17.6. The van der Waals surface area contributed by atoms with Gasteiger partial charge in [-0.15, -0.1) is 0 Å². The molecule has 0 N–H and O–H groups in total. The molecule has 0 amide bonds. The first kappa shape index (κ1) is 19.9. The van der Waals surface area contributed by atoms with Gasteiger partial charge in [-0.25, -0.2) is 0 Å². The van der Waals surface area contributed by atoms with Crippen LogP contribution in [0.2, 0.25) is 0 Å². The largest absolute Gasteiger partial charge is 0.488 e. The second-order valence-corrected chi connectivity index (χ2v) is 8.28. The highest BCUT2D eigenvalue weighted by molar-refractivity contribution is 5.82. The van der Waals surface area contributed by atoms with E-state index in [9.17, 15) is 0 Å². The van der Waals surface area contributed by atoms with Crippen LogP contribution in [0.15, 0.2) is 66.7 Å². The van der Waals surface area contributed by atoms with Gasteiger partial charge in [0, 0.05) is 6.42 Å². The second kappa shape index (κ2) is 8.56. The Hall–Kier alpha value is -2.36. The van der Waals surface area contributed by atoms with Crippen LogP contribution in [-0.2, 0) is 21.9 Å². The molecule has 3 heteroatoms. The minimum absolute atomic E-state index is 0.127. The van der Waals surface area contributed by atoms with Gasteiger partial charge >= 0.3 is 0 Å². The summed E-state index contributed by atoms with van der Waals surface area (Å²) in [5, 5.41) is 2.47. The van der Waals surface area contributed by atoms with Crippen molar-refractivity contribution in [3.05, 3.63) is 77.9 Å². The third-order valence-corrected chi connectivity index (χ3v) is 5.50. The predicted molar refractivity (Wildman–Crippen MR) is 117 cm³/mol. The molecule has 1 aliphatic heterocycles. The lowest BCUT2D eigenvalue weighted by molar-refractivity contribution is -0.189. The van der Waals surface area contributed by atoms with Gasteiger partial charge in [0.15, 0.2) is 5.79 Å². The van der Waals surface area contributed by atoms with E-state index in [1.807, 2.05) is 18.2 Å². The topological polar surface area (TPSA) is 27.7 Å². The fraction of sp³-hybridized carbons (Fsp3) is 0.385. The Bertz CT molecular complexity index is 965. The Morgan fingerprint density at radius 3 is 2.52 bits per heavy atom. The molecule has 29 heavy (non-hydrogen) atoms. The quantitative estimate of drug-likeness (QED) is 0.464. The lowest BCUT2D eigenvalue weighted by Crippen LogP contribution is -2.30. The summed E-state index contributed by atoms with van der Waals surface area (Å²) < 4.78 is 19.0. The monoisotopic (exact) mass is 390 g/mol. The summed E-state index contributed by atoms with van der Waals surface area (Å²) in [7, 11) is 0. The molecule has 0 aliphatic carbocycles. The summed E-state index contributed by atoms with van der Waals surface area (Å²) in [5.41, 5.74) is 2.14. The molecule has 3 aromatic carbocycles. The van der Waals surface area contributed by atoms with Crippen molar-refractivity contribution < 1.29 is 14.2 Å². The van der Waals surface area contributed by atoms with Crippen LogP contribution in [0, 0.1) is 5.92 Å². The number of hydrogen-bond donors (Lipinski definition) is 0. The van der Waals surface area contributed by atoms with Crippen molar-refractivity contribution in [2.24, 2.45) is 5.92 Å². The zero-order valence-corrected chi connectivity index (χ0v) is 17.6. The average molecular weight is 391 g/mol. The van der Waals surface area contributed by atoms with Gasteiger partial charge < -0.3 is 14.2 Å². The molecule has 0 bridgehead atoms. The number of para-hydroxylation sites is 1. The van der Waals surface area contributed by atoms with Crippen molar-refractivity contribution in [1.29, 1.82) is 0 Å². The van der Waals surface area contributed by atoms with Gasteiger partial charge in [0.25, 0.3) is 0 Å². The van der Waals surface area contributed by atoms with Gasteiger partial charge in [-0.3, -0.25) is 0 Å². The van der Waals surface area contributed by atoms with E-state index in [-0.39, 0.29) is 6.10 Å². The maximum absolute atomic E-state index is 6.44. The van der Waals surface area contributed by atoms with Crippen LogP contribution in [-0.4, -0.2) is 12.7 Å². The molecule has 1 aliphatic rings. The molecule has 0 saturated carbocycles. The Morgan fingerprint density at radius 2 is 1.76 bits per heavy atom. The number of rotatable bonds is 7. The first-order valence-corrected chi connectivity index (χ1v) is 10.6. The van der Waals surface area contributed by atoms with E-state index in [1.54, 1.807) is 0 Å². The van der Waals surface area contributed by atoms with Gasteiger partial charge in [-0.2, -0.15) is 0 Å². The Kier molecular flexibility index (Phi) is 5.89.